The molecule has 1 heteroatoms. The summed E-state index contributed by atoms with van der Waals surface area (Å²) < 4.78 is 0. The first kappa shape index (κ1) is 23.8. The summed E-state index contributed by atoms with van der Waals surface area (Å²) in [4.78, 5) is 2.40. The SMILES string of the molecule is CN(c1ccc2c(c1)C(C)(C)c1ccccc1-2)c1cccc2c1-c1ccccc1C21c2ccccc2-c2ccccc21. The van der Waals surface area contributed by atoms with Gasteiger partial charge in [-0.1, -0.05) is 129 Å². The quantitative estimate of drug-likeness (QED) is 0.212. The topological polar surface area (TPSA) is 3.24 Å². The Morgan fingerprint density at radius 2 is 0.905 bits per heavy atom. The van der Waals surface area contributed by atoms with Crippen LogP contribution in [0.5, 0.6) is 0 Å². The highest BCUT2D eigenvalue weighted by molar-refractivity contribution is 5.99. The maximum Gasteiger partial charge on any atom is 0.0726 e. The van der Waals surface area contributed by atoms with Gasteiger partial charge in [0.15, 0.2) is 0 Å². The standard InChI is InChI=1S/C41H31N/c1-40(2)32-17-8-4-13-27(32)30-24-23-26(25-37(30)40)42(3)38-22-12-21-36-39(38)31-16-7-11-20-35(31)41(36)33-18-9-5-14-28(33)29-15-6-10-19-34(29)41/h4-25H,1-3H3. The van der Waals surface area contributed by atoms with Crippen LogP contribution in [-0.2, 0) is 10.8 Å². The molecule has 0 amide bonds. The molecular formula is C41H31N. The second kappa shape index (κ2) is 8.11. The van der Waals surface area contributed by atoms with Gasteiger partial charge in [0, 0.05) is 29.4 Å². The van der Waals surface area contributed by atoms with Crippen LogP contribution in [0.3, 0.4) is 0 Å². The summed E-state index contributed by atoms with van der Waals surface area (Å²) in [7, 11) is 2.23. The van der Waals surface area contributed by atoms with E-state index in [4.69, 9.17) is 0 Å². The van der Waals surface area contributed by atoms with E-state index >= 15 is 0 Å². The van der Waals surface area contributed by atoms with Gasteiger partial charge in [-0.15, -0.1) is 0 Å². The van der Waals surface area contributed by atoms with Crippen molar-refractivity contribution >= 4 is 11.4 Å². The minimum absolute atomic E-state index is 0.0324. The number of benzene rings is 6. The van der Waals surface area contributed by atoms with Crippen LogP contribution in [0, 0.1) is 0 Å². The van der Waals surface area contributed by atoms with Crippen LogP contribution < -0.4 is 4.90 Å². The summed E-state index contributed by atoms with van der Waals surface area (Å²) in [6, 6.07) is 50.0. The second-order valence-corrected chi connectivity index (χ2v) is 12.5. The summed E-state index contributed by atoms with van der Waals surface area (Å²) in [5.41, 5.74) is 18.5. The van der Waals surface area contributed by atoms with Crippen molar-refractivity contribution in [2.45, 2.75) is 24.7 Å². The van der Waals surface area contributed by atoms with Gasteiger partial charge in [0.2, 0.25) is 0 Å². The molecule has 0 aliphatic heterocycles. The molecule has 0 aromatic heterocycles. The zero-order chi connectivity index (χ0) is 28.2. The number of rotatable bonds is 2. The largest absolute Gasteiger partial charge is 0.344 e. The van der Waals surface area contributed by atoms with E-state index in [0.29, 0.717) is 0 Å². The summed E-state index contributed by atoms with van der Waals surface area (Å²) in [6.45, 7) is 4.72. The molecule has 0 heterocycles. The third kappa shape index (κ3) is 2.74. The first-order chi connectivity index (χ1) is 20.5. The Labute approximate surface area is 247 Å². The zero-order valence-corrected chi connectivity index (χ0v) is 24.1. The smallest absolute Gasteiger partial charge is 0.0726 e. The van der Waals surface area contributed by atoms with Crippen molar-refractivity contribution in [1.82, 2.24) is 0 Å². The van der Waals surface area contributed by atoms with Crippen molar-refractivity contribution in [3.63, 3.8) is 0 Å². The van der Waals surface area contributed by atoms with E-state index in [-0.39, 0.29) is 10.8 Å². The molecule has 0 radical (unpaired) electrons. The van der Waals surface area contributed by atoms with Crippen LogP contribution in [0.2, 0.25) is 0 Å². The lowest BCUT2D eigenvalue weighted by atomic mass is 9.70. The summed E-state index contributed by atoms with van der Waals surface area (Å²) in [6.07, 6.45) is 0. The van der Waals surface area contributed by atoms with Crippen molar-refractivity contribution in [3.8, 4) is 33.4 Å². The van der Waals surface area contributed by atoms with Crippen LogP contribution in [-0.4, -0.2) is 7.05 Å². The first-order valence-electron chi connectivity index (χ1n) is 14.9. The Hall–Kier alpha value is -4.88. The summed E-state index contributed by atoms with van der Waals surface area (Å²) in [5, 5.41) is 0. The predicted molar refractivity (Wildman–Crippen MR) is 175 cm³/mol. The van der Waals surface area contributed by atoms with Gasteiger partial charge in [0.1, 0.15) is 0 Å². The van der Waals surface area contributed by atoms with Crippen LogP contribution >= 0.6 is 0 Å². The van der Waals surface area contributed by atoms with Gasteiger partial charge in [-0.2, -0.15) is 0 Å². The lowest BCUT2D eigenvalue weighted by Gasteiger charge is -2.31. The lowest BCUT2D eigenvalue weighted by molar-refractivity contribution is 0.660. The predicted octanol–water partition coefficient (Wildman–Crippen LogP) is 10.1. The van der Waals surface area contributed by atoms with E-state index in [0.717, 1.165) is 0 Å². The van der Waals surface area contributed by atoms with Crippen LogP contribution in [0.15, 0.2) is 133 Å². The number of hydrogen-bond donors (Lipinski definition) is 0. The highest BCUT2D eigenvalue weighted by atomic mass is 15.1. The average molecular weight is 538 g/mol. The molecule has 1 nitrogen and oxygen atoms in total. The molecule has 3 aliphatic rings. The fraction of sp³-hybridized carbons (Fsp3) is 0.122. The molecule has 6 aromatic rings. The molecule has 0 N–H and O–H groups in total. The molecule has 0 saturated heterocycles. The van der Waals surface area contributed by atoms with E-state index < -0.39 is 0 Å². The molecule has 0 saturated carbocycles. The zero-order valence-electron chi connectivity index (χ0n) is 24.1. The molecule has 3 aliphatic carbocycles. The third-order valence-corrected chi connectivity index (χ3v) is 10.3. The highest BCUT2D eigenvalue weighted by Gasteiger charge is 2.52. The van der Waals surface area contributed by atoms with E-state index in [1.807, 2.05) is 0 Å². The fourth-order valence-corrected chi connectivity index (χ4v) is 8.44. The Morgan fingerprint density at radius 1 is 0.429 bits per heavy atom. The molecule has 0 unspecified atom stereocenters. The molecule has 6 aromatic carbocycles. The molecule has 0 atom stereocenters. The van der Waals surface area contributed by atoms with E-state index in [2.05, 4.69) is 159 Å². The van der Waals surface area contributed by atoms with E-state index in [9.17, 15) is 0 Å². The van der Waals surface area contributed by atoms with Crippen molar-refractivity contribution in [2.75, 3.05) is 11.9 Å². The van der Waals surface area contributed by atoms with Gasteiger partial charge in [-0.05, 0) is 79.4 Å². The van der Waals surface area contributed by atoms with E-state index in [1.165, 1.54) is 78.1 Å². The average Bonchev–Trinajstić information content (AvgIpc) is 3.60. The maximum absolute atomic E-state index is 2.42. The van der Waals surface area contributed by atoms with Crippen molar-refractivity contribution < 1.29 is 0 Å². The minimum Gasteiger partial charge on any atom is -0.344 e. The van der Waals surface area contributed by atoms with Crippen molar-refractivity contribution in [2.24, 2.45) is 0 Å². The molecule has 200 valence electrons. The van der Waals surface area contributed by atoms with Gasteiger partial charge >= 0.3 is 0 Å². The van der Waals surface area contributed by atoms with Gasteiger partial charge in [-0.3, -0.25) is 0 Å². The molecule has 42 heavy (non-hydrogen) atoms. The Balaban J connectivity index is 1.28. The summed E-state index contributed by atoms with van der Waals surface area (Å²) >= 11 is 0. The number of anilines is 2. The van der Waals surface area contributed by atoms with Crippen LogP contribution in [0.4, 0.5) is 11.4 Å². The number of fused-ring (bicyclic) bond motifs is 13. The lowest BCUT2D eigenvalue weighted by Crippen LogP contribution is -2.26. The van der Waals surface area contributed by atoms with Crippen molar-refractivity contribution in [1.29, 1.82) is 0 Å². The number of hydrogen-bond acceptors (Lipinski definition) is 1. The number of nitrogens with zero attached hydrogens (tertiary/aromatic N) is 1. The second-order valence-electron chi connectivity index (χ2n) is 12.5. The van der Waals surface area contributed by atoms with E-state index in [1.54, 1.807) is 0 Å². The molecule has 9 rings (SSSR count). The highest BCUT2D eigenvalue weighted by Crippen LogP contribution is 2.64. The monoisotopic (exact) mass is 537 g/mol. The van der Waals surface area contributed by atoms with Gasteiger partial charge in [0.05, 0.1) is 5.41 Å². The molecule has 0 bridgehead atoms. The minimum atomic E-state index is -0.322. The first-order valence-corrected chi connectivity index (χ1v) is 14.9. The molecular weight excluding hydrogens is 506 g/mol. The van der Waals surface area contributed by atoms with Crippen molar-refractivity contribution in [3.05, 3.63) is 167 Å². The Bertz CT molecular complexity index is 2050. The van der Waals surface area contributed by atoms with Gasteiger partial charge in [0.25, 0.3) is 0 Å². The molecule has 1 spiro atoms. The van der Waals surface area contributed by atoms with Gasteiger partial charge in [-0.25, -0.2) is 0 Å². The maximum atomic E-state index is 2.42. The normalized spacial score (nSPS) is 15.4. The Kier molecular flexibility index (Phi) is 4.59. The van der Waals surface area contributed by atoms with Crippen LogP contribution in [0.1, 0.15) is 47.2 Å². The fourth-order valence-electron chi connectivity index (χ4n) is 8.44. The van der Waals surface area contributed by atoms with Crippen LogP contribution in [0.25, 0.3) is 33.4 Å². The summed E-state index contributed by atoms with van der Waals surface area (Å²) in [5.74, 6) is 0. The Morgan fingerprint density at radius 3 is 1.55 bits per heavy atom. The third-order valence-electron chi connectivity index (χ3n) is 10.3. The van der Waals surface area contributed by atoms with Gasteiger partial charge < -0.3 is 4.90 Å². The molecule has 0 fully saturated rings.